The highest BCUT2D eigenvalue weighted by Gasteiger charge is 2.37. The largest absolute Gasteiger partial charge is 0.467 e. The van der Waals surface area contributed by atoms with Crippen molar-refractivity contribution in [3.8, 4) is 0 Å². The van der Waals surface area contributed by atoms with Crippen molar-refractivity contribution in [2.45, 2.75) is 51.0 Å². The lowest BCUT2D eigenvalue weighted by atomic mass is 9.82. The number of halogens is 4. The molecule has 9 heteroatoms. The van der Waals surface area contributed by atoms with Gasteiger partial charge in [0.15, 0.2) is 5.82 Å². The van der Waals surface area contributed by atoms with E-state index in [1.54, 1.807) is 16.8 Å². The van der Waals surface area contributed by atoms with Crippen LogP contribution < -0.4 is 5.32 Å². The molecule has 1 fully saturated rings. The maximum atomic E-state index is 13.6. The molecule has 0 amide bonds. The molecule has 1 aliphatic rings. The van der Waals surface area contributed by atoms with Gasteiger partial charge in [0, 0.05) is 12.8 Å². The highest BCUT2D eigenvalue weighted by molar-refractivity contribution is 6.31. The van der Waals surface area contributed by atoms with E-state index in [4.69, 9.17) is 27.6 Å². The summed E-state index contributed by atoms with van der Waals surface area (Å²) < 4.78 is 34.0. The molecular formula is C18H18Cl2F2N4O. The van der Waals surface area contributed by atoms with E-state index in [2.05, 4.69) is 15.4 Å². The maximum absolute atomic E-state index is 13.6. The van der Waals surface area contributed by atoms with Gasteiger partial charge in [-0.2, -0.15) is 4.98 Å². The molecule has 0 atom stereocenters. The number of hydrogen-bond acceptors (Lipinski definition) is 4. The van der Waals surface area contributed by atoms with E-state index in [1.807, 2.05) is 13.0 Å². The number of fused-ring (bicyclic) bond motifs is 1. The molecule has 0 aromatic carbocycles. The molecule has 4 rings (SSSR count). The Bertz CT molecular complexity index is 962. The predicted octanol–water partition coefficient (Wildman–Crippen LogP) is 5.84. The van der Waals surface area contributed by atoms with Gasteiger partial charge in [-0.3, -0.25) is 0 Å². The Balaban J connectivity index is 1.73. The number of rotatable bonds is 4. The minimum Gasteiger partial charge on any atom is -0.467 e. The first-order valence-electron chi connectivity index (χ1n) is 8.74. The van der Waals surface area contributed by atoms with Crippen molar-refractivity contribution in [2.24, 2.45) is 0 Å². The van der Waals surface area contributed by atoms with Crippen LogP contribution in [-0.4, -0.2) is 20.5 Å². The zero-order valence-electron chi connectivity index (χ0n) is 14.6. The van der Waals surface area contributed by atoms with Crippen LogP contribution in [0.1, 0.15) is 48.5 Å². The van der Waals surface area contributed by atoms with E-state index < -0.39 is 5.92 Å². The summed E-state index contributed by atoms with van der Waals surface area (Å²) in [6.45, 7) is 2.34. The number of nitrogens with zero attached hydrogens (tertiary/aromatic N) is 3. The molecule has 144 valence electrons. The van der Waals surface area contributed by atoms with Gasteiger partial charge in [0.05, 0.1) is 12.8 Å². The minimum absolute atomic E-state index is 0.0319. The van der Waals surface area contributed by atoms with Crippen LogP contribution in [0.25, 0.3) is 5.52 Å². The van der Waals surface area contributed by atoms with Gasteiger partial charge in [-0.1, -0.05) is 11.6 Å². The summed E-state index contributed by atoms with van der Waals surface area (Å²) in [5, 5.41) is 7.86. The number of furan rings is 1. The van der Waals surface area contributed by atoms with Gasteiger partial charge in [-0.25, -0.2) is 13.3 Å². The van der Waals surface area contributed by atoms with Crippen molar-refractivity contribution in [3.63, 3.8) is 0 Å². The van der Waals surface area contributed by atoms with E-state index in [0.717, 1.165) is 16.9 Å². The molecule has 0 radical (unpaired) electrons. The average Bonchev–Trinajstić information content (AvgIpc) is 3.21. The van der Waals surface area contributed by atoms with Crippen LogP contribution in [0.3, 0.4) is 0 Å². The van der Waals surface area contributed by atoms with Crippen molar-refractivity contribution in [1.82, 2.24) is 14.6 Å². The Morgan fingerprint density at radius 3 is 2.74 bits per heavy atom. The predicted molar refractivity (Wildman–Crippen MR) is 99.9 cm³/mol. The summed E-state index contributed by atoms with van der Waals surface area (Å²) in [6, 6.07) is 3.65. The van der Waals surface area contributed by atoms with E-state index in [9.17, 15) is 8.78 Å². The third-order valence-electron chi connectivity index (χ3n) is 5.13. The first-order valence-corrected chi connectivity index (χ1v) is 9.49. The Labute approximate surface area is 164 Å². The molecule has 0 aliphatic heterocycles. The van der Waals surface area contributed by atoms with Crippen molar-refractivity contribution in [3.05, 3.63) is 45.7 Å². The van der Waals surface area contributed by atoms with Crippen LogP contribution in [0.5, 0.6) is 0 Å². The molecule has 1 saturated carbocycles. The van der Waals surface area contributed by atoms with Gasteiger partial charge in [-0.15, -0.1) is 5.10 Å². The Morgan fingerprint density at radius 2 is 2.07 bits per heavy atom. The van der Waals surface area contributed by atoms with Gasteiger partial charge < -0.3 is 9.73 Å². The monoisotopic (exact) mass is 414 g/mol. The Morgan fingerprint density at radius 1 is 1.33 bits per heavy atom. The van der Waals surface area contributed by atoms with Gasteiger partial charge in [0.25, 0.3) is 0 Å². The van der Waals surface area contributed by atoms with Crippen LogP contribution in [0, 0.1) is 6.92 Å². The summed E-state index contributed by atoms with van der Waals surface area (Å²) in [5.74, 6) is -1.35. The average molecular weight is 415 g/mol. The first kappa shape index (κ1) is 18.5. The Hall–Kier alpha value is -1.86. The molecule has 0 unspecified atom stereocenters. The molecule has 1 aliphatic carbocycles. The van der Waals surface area contributed by atoms with Crippen molar-refractivity contribution in [1.29, 1.82) is 0 Å². The fourth-order valence-corrected chi connectivity index (χ4v) is 4.36. The van der Waals surface area contributed by atoms with E-state index >= 15 is 0 Å². The first-order chi connectivity index (χ1) is 12.9. The summed E-state index contributed by atoms with van der Waals surface area (Å²) in [6.07, 6.45) is 2.11. The number of aromatic nitrogens is 3. The highest BCUT2D eigenvalue weighted by atomic mass is 35.5. The third kappa shape index (κ3) is 3.50. The van der Waals surface area contributed by atoms with E-state index in [-0.39, 0.29) is 24.0 Å². The minimum atomic E-state index is -2.59. The lowest BCUT2D eigenvalue weighted by Gasteiger charge is -2.28. The normalized spacial score (nSPS) is 17.5. The molecule has 3 heterocycles. The van der Waals surface area contributed by atoms with Crippen LogP contribution in [0.2, 0.25) is 10.4 Å². The standard InChI is InChI=1S/C18H18Cl2F2N4O/c1-10-13(11-4-6-18(21,22)7-5-11)15(19)26-14(10)16(24-17(20)25-26)23-9-12-3-2-8-27-12/h2-3,8,11H,4-7,9H2,1H3,(H,23,24,25). The third-order valence-corrected chi connectivity index (χ3v) is 5.65. The molecule has 0 spiro atoms. The molecule has 3 aromatic heterocycles. The summed E-state index contributed by atoms with van der Waals surface area (Å²) in [5.41, 5.74) is 2.43. The maximum Gasteiger partial charge on any atom is 0.248 e. The quantitative estimate of drug-likeness (QED) is 0.582. The molecule has 27 heavy (non-hydrogen) atoms. The number of alkyl halides is 2. The lowest BCUT2D eigenvalue weighted by molar-refractivity contribution is -0.0382. The molecular weight excluding hydrogens is 397 g/mol. The molecule has 0 bridgehead atoms. The molecule has 5 nitrogen and oxygen atoms in total. The fraction of sp³-hybridized carbons (Fsp3) is 0.444. The second-order valence-corrected chi connectivity index (χ2v) is 7.58. The van der Waals surface area contributed by atoms with Crippen molar-refractivity contribution in [2.75, 3.05) is 5.32 Å². The van der Waals surface area contributed by atoms with Gasteiger partial charge in [0.2, 0.25) is 11.2 Å². The topological polar surface area (TPSA) is 55.4 Å². The smallest absolute Gasteiger partial charge is 0.248 e. The van der Waals surface area contributed by atoms with E-state index in [1.165, 1.54) is 0 Å². The molecule has 1 N–H and O–H groups in total. The molecule has 0 saturated heterocycles. The summed E-state index contributed by atoms with van der Waals surface area (Å²) >= 11 is 12.7. The highest BCUT2D eigenvalue weighted by Crippen LogP contribution is 2.45. The number of hydrogen-bond donors (Lipinski definition) is 1. The summed E-state index contributed by atoms with van der Waals surface area (Å²) in [7, 11) is 0. The van der Waals surface area contributed by atoms with E-state index in [0.29, 0.717) is 35.9 Å². The van der Waals surface area contributed by atoms with Crippen molar-refractivity contribution >= 4 is 34.5 Å². The van der Waals surface area contributed by atoms with Crippen LogP contribution >= 0.6 is 23.2 Å². The Kier molecular flexibility index (Phi) is 4.76. The van der Waals surface area contributed by atoms with Gasteiger partial charge >= 0.3 is 0 Å². The summed E-state index contributed by atoms with van der Waals surface area (Å²) in [4.78, 5) is 4.29. The van der Waals surface area contributed by atoms with Crippen LogP contribution in [0.4, 0.5) is 14.6 Å². The number of nitrogens with one attached hydrogen (secondary N) is 1. The fourth-order valence-electron chi connectivity index (χ4n) is 3.79. The van der Waals surface area contributed by atoms with Crippen LogP contribution in [0.15, 0.2) is 22.8 Å². The van der Waals surface area contributed by atoms with Crippen LogP contribution in [-0.2, 0) is 6.54 Å². The zero-order chi connectivity index (χ0) is 19.2. The number of anilines is 1. The second-order valence-electron chi connectivity index (χ2n) is 6.88. The second kappa shape index (κ2) is 6.95. The van der Waals surface area contributed by atoms with Crippen molar-refractivity contribution < 1.29 is 13.2 Å². The SMILES string of the molecule is Cc1c(C2CCC(F)(F)CC2)c(Cl)n2nc(Cl)nc(NCc3ccco3)c12. The number of aryl methyl sites for hydroxylation is 1. The van der Waals surface area contributed by atoms with Gasteiger partial charge in [0.1, 0.15) is 16.4 Å². The molecule has 3 aromatic rings. The lowest BCUT2D eigenvalue weighted by Crippen LogP contribution is -2.23. The zero-order valence-corrected chi connectivity index (χ0v) is 16.1. The van der Waals surface area contributed by atoms with Gasteiger partial charge in [-0.05, 0) is 60.5 Å².